The summed E-state index contributed by atoms with van der Waals surface area (Å²) in [7, 11) is 0. The molecule has 0 saturated heterocycles. The maximum atomic E-state index is 5.76. The van der Waals surface area contributed by atoms with Crippen molar-refractivity contribution >= 4 is 11.3 Å². The molecule has 1 aromatic rings. The minimum absolute atomic E-state index is 0.813. The van der Waals surface area contributed by atoms with Crippen LogP contribution in [0.1, 0.15) is 45.2 Å². The van der Waals surface area contributed by atoms with Crippen molar-refractivity contribution in [3.8, 4) is 0 Å². The zero-order chi connectivity index (χ0) is 17.5. The quantitative estimate of drug-likeness (QED) is 0.496. The van der Waals surface area contributed by atoms with Crippen molar-refractivity contribution in [1.82, 2.24) is 0 Å². The fourth-order valence-corrected chi connectivity index (χ4v) is 1.38. The Balaban J connectivity index is 0. The Kier molecular flexibility index (Phi) is 13.7. The molecule has 0 aliphatic rings. The van der Waals surface area contributed by atoms with Crippen LogP contribution >= 0.6 is 0 Å². The topological polar surface area (TPSA) is 26.0 Å². The normalized spacial score (nSPS) is 9.36. The van der Waals surface area contributed by atoms with Gasteiger partial charge in [0.25, 0.3) is 0 Å². The van der Waals surface area contributed by atoms with Crippen molar-refractivity contribution in [2.75, 3.05) is 0 Å². The van der Waals surface area contributed by atoms with Crippen molar-refractivity contribution in [1.29, 1.82) is 0 Å². The standard InChI is InChI=1S/C12H15N.C7H10.C2H6/c1-4-12(13)11-7-5-10(6-8-11)9(2)3;1-4-6-7(3)5-2;1-2/h4-8H,2,13H2,1,3H3;4-5H,1-3,6H2;1-2H3/b12-4-;;. The van der Waals surface area contributed by atoms with Crippen molar-refractivity contribution in [2.24, 2.45) is 5.73 Å². The van der Waals surface area contributed by atoms with Crippen LogP contribution in [0.5, 0.6) is 0 Å². The smallest absolute Gasteiger partial charge is 0.0344 e. The van der Waals surface area contributed by atoms with E-state index in [1.165, 1.54) is 0 Å². The molecule has 0 fully saturated rings. The van der Waals surface area contributed by atoms with Gasteiger partial charge in [0.2, 0.25) is 0 Å². The zero-order valence-electron chi connectivity index (χ0n) is 14.7. The highest BCUT2D eigenvalue weighted by molar-refractivity contribution is 5.67. The molecular weight excluding hydrogens is 266 g/mol. The largest absolute Gasteiger partial charge is 0.399 e. The van der Waals surface area contributed by atoms with Crippen LogP contribution in [0, 0.1) is 0 Å². The summed E-state index contributed by atoms with van der Waals surface area (Å²) in [4.78, 5) is 0. The summed E-state index contributed by atoms with van der Waals surface area (Å²) in [6.07, 6.45) is 6.30. The van der Waals surface area contributed by atoms with E-state index in [2.05, 4.69) is 26.3 Å². The van der Waals surface area contributed by atoms with Gasteiger partial charge in [-0.05, 0) is 31.4 Å². The summed E-state index contributed by atoms with van der Waals surface area (Å²) in [6.45, 7) is 22.5. The predicted octanol–water partition coefficient (Wildman–Crippen LogP) is 6.37. The summed E-state index contributed by atoms with van der Waals surface area (Å²) in [5.74, 6) is 0. The van der Waals surface area contributed by atoms with Gasteiger partial charge in [-0.3, -0.25) is 0 Å². The van der Waals surface area contributed by atoms with Crippen LogP contribution in [0.3, 0.4) is 0 Å². The fourth-order valence-electron chi connectivity index (χ4n) is 1.38. The van der Waals surface area contributed by atoms with E-state index < -0.39 is 0 Å². The van der Waals surface area contributed by atoms with Gasteiger partial charge in [0, 0.05) is 5.70 Å². The molecule has 0 spiro atoms. The van der Waals surface area contributed by atoms with Crippen LogP contribution in [-0.4, -0.2) is 0 Å². The van der Waals surface area contributed by atoms with Crippen LogP contribution in [0.25, 0.3) is 11.3 Å². The van der Waals surface area contributed by atoms with E-state index in [0.29, 0.717) is 0 Å². The Morgan fingerprint density at radius 2 is 1.50 bits per heavy atom. The fraction of sp³-hybridized carbons (Fsp3) is 0.238. The molecule has 0 unspecified atom stereocenters. The first kappa shape index (κ1) is 22.0. The first-order valence-electron chi connectivity index (χ1n) is 7.55. The average molecular weight is 297 g/mol. The second-order valence-electron chi connectivity index (χ2n) is 4.46. The highest BCUT2D eigenvalue weighted by Crippen LogP contribution is 2.15. The van der Waals surface area contributed by atoms with Gasteiger partial charge in [0.1, 0.15) is 0 Å². The molecule has 0 aromatic heterocycles. The highest BCUT2D eigenvalue weighted by atomic mass is 14.6. The molecule has 2 N–H and O–H groups in total. The average Bonchev–Trinajstić information content (AvgIpc) is 2.56. The van der Waals surface area contributed by atoms with Crippen LogP contribution in [0.2, 0.25) is 0 Å². The lowest BCUT2D eigenvalue weighted by Crippen LogP contribution is -1.95. The maximum absolute atomic E-state index is 5.76. The third kappa shape index (κ3) is 9.60. The summed E-state index contributed by atoms with van der Waals surface area (Å²) in [6, 6.07) is 8.10. The van der Waals surface area contributed by atoms with Gasteiger partial charge < -0.3 is 5.73 Å². The van der Waals surface area contributed by atoms with Crippen molar-refractivity contribution in [2.45, 2.75) is 34.1 Å². The van der Waals surface area contributed by atoms with Gasteiger partial charge in [-0.15, -0.1) is 6.58 Å². The number of nitrogens with two attached hydrogens (primary N) is 1. The molecule has 1 nitrogen and oxygen atoms in total. The molecule has 22 heavy (non-hydrogen) atoms. The Labute approximate surface area is 137 Å². The number of hydrogen-bond acceptors (Lipinski definition) is 1. The van der Waals surface area contributed by atoms with Gasteiger partial charge in [0.15, 0.2) is 0 Å². The van der Waals surface area contributed by atoms with Crippen LogP contribution < -0.4 is 5.73 Å². The van der Waals surface area contributed by atoms with E-state index in [1.54, 1.807) is 6.08 Å². The van der Waals surface area contributed by atoms with Gasteiger partial charge in [-0.2, -0.15) is 0 Å². The van der Waals surface area contributed by atoms with Gasteiger partial charge >= 0.3 is 0 Å². The van der Waals surface area contributed by atoms with E-state index in [1.807, 2.05) is 64.1 Å². The van der Waals surface area contributed by atoms with E-state index >= 15 is 0 Å². The second kappa shape index (κ2) is 13.7. The Morgan fingerprint density at radius 3 is 1.77 bits per heavy atom. The molecule has 1 heteroatoms. The summed E-state index contributed by atoms with van der Waals surface area (Å²) in [5.41, 5.74) is 10.9. The molecule has 1 aromatic carbocycles. The van der Waals surface area contributed by atoms with Crippen molar-refractivity contribution in [3.05, 3.63) is 85.5 Å². The highest BCUT2D eigenvalue weighted by Gasteiger charge is 1.96. The Morgan fingerprint density at radius 1 is 1.05 bits per heavy atom. The zero-order valence-corrected chi connectivity index (χ0v) is 14.7. The van der Waals surface area contributed by atoms with Crippen molar-refractivity contribution in [3.63, 3.8) is 0 Å². The lowest BCUT2D eigenvalue weighted by Gasteiger charge is -2.03. The second-order valence-corrected chi connectivity index (χ2v) is 4.46. The Hall–Kier alpha value is -2.28. The first-order chi connectivity index (χ1) is 10.5. The molecule has 0 bridgehead atoms. The predicted molar refractivity (Wildman–Crippen MR) is 104 cm³/mol. The number of allylic oxidation sites excluding steroid dienone is 5. The molecule has 0 radical (unpaired) electrons. The van der Waals surface area contributed by atoms with Gasteiger partial charge in [-0.25, -0.2) is 0 Å². The van der Waals surface area contributed by atoms with E-state index in [0.717, 1.165) is 34.4 Å². The van der Waals surface area contributed by atoms with Crippen LogP contribution in [-0.2, 0) is 0 Å². The van der Waals surface area contributed by atoms with E-state index in [-0.39, 0.29) is 0 Å². The lowest BCUT2D eigenvalue weighted by atomic mass is 10.1. The third-order valence-corrected chi connectivity index (χ3v) is 2.72. The molecular formula is C21H31N. The molecule has 0 atom stereocenters. The number of benzene rings is 1. The van der Waals surface area contributed by atoms with Gasteiger partial charge in [0.05, 0.1) is 0 Å². The first-order valence-corrected chi connectivity index (χ1v) is 7.55. The summed E-state index contributed by atoms with van der Waals surface area (Å²) >= 11 is 0. The minimum atomic E-state index is 0.813. The molecule has 0 amide bonds. The maximum Gasteiger partial charge on any atom is 0.0344 e. The number of rotatable bonds is 5. The lowest BCUT2D eigenvalue weighted by molar-refractivity contribution is 1.31. The SMILES string of the molecule is C=C(C)c1ccc(/C(N)=C/C)cc1.C=CCC(=C)C=C.CC. The molecule has 0 saturated carbocycles. The van der Waals surface area contributed by atoms with E-state index in [9.17, 15) is 0 Å². The van der Waals surface area contributed by atoms with Crippen LogP contribution in [0.15, 0.2) is 74.4 Å². The third-order valence-electron chi connectivity index (χ3n) is 2.72. The summed E-state index contributed by atoms with van der Waals surface area (Å²) in [5, 5.41) is 0. The molecule has 0 heterocycles. The molecule has 0 aliphatic heterocycles. The monoisotopic (exact) mass is 297 g/mol. The molecule has 0 aliphatic carbocycles. The van der Waals surface area contributed by atoms with Gasteiger partial charge in [-0.1, -0.05) is 87.2 Å². The van der Waals surface area contributed by atoms with E-state index in [4.69, 9.17) is 5.73 Å². The molecule has 1 rings (SSSR count). The minimum Gasteiger partial charge on any atom is -0.399 e. The summed E-state index contributed by atoms with van der Waals surface area (Å²) < 4.78 is 0. The Bertz CT molecular complexity index is 501. The van der Waals surface area contributed by atoms with Crippen molar-refractivity contribution < 1.29 is 0 Å². The number of hydrogen-bond donors (Lipinski definition) is 1. The molecule has 120 valence electrons. The van der Waals surface area contributed by atoms with Crippen LogP contribution in [0.4, 0.5) is 0 Å².